The van der Waals surface area contributed by atoms with Gasteiger partial charge in [0.05, 0.1) is 19.6 Å². The van der Waals surface area contributed by atoms with Crippen LogP contribution in [0.4, 0.5) is 4.79 Å². The number of likely N-dealkylation sites (N-methyl/N-ethyl adjacent to an activating group) is 1. The van der Waals surface area contributed by atoms with Gasteiger partial charge in [0.2, 0.25) is 0 Å². The van der Waals surface area contributed by atoms with Crippen LogP contribution < -0.4 is 0 Å². The van der Waals surface area contributed by atoms with Crippen LogP contribution in [0, 0.1) is 0 Å². The molecule has 2 amide bonds. The van der Waals surface area contributed by atoms with Crippen molar-refractivity contribution in [3.05, 3.63) is 36.0 Å². The molecule has 1 spiro atoms. The van der Waals surface area contributed by atoms with Crippen molar-refractivity contribution in [2.75, 3.05) is 26.7 Å². The lowest BCUT2D eigenvalue weighted by Crippen LogP contribution is -2.65. The molecule has 0 aliphatic carbocycles. The van der Waals surface area contributed by atoms with Crippen LogP contribution in [-0.4, -0.2) is 58.7 Å². The van der Waals surface area contributed by atoms with Crippen molar-refractivity contribution in [2.45, 2.75) is 5.60 Å². The van der Waals surface area contributed by atoms with Crippen molar-refractivity contribution in [1.29, 1.82) is 0 Å². The fourth-order valence-electron chi connectivity index (χ4n) is 3.41. The number of fused-ring (bicyclic) bond motifs is 1. The fourth-order valence-corrected chi connectivity index (χ4v) is 3.41. The normalized spacial score (nSPS) is 19.6. The van der Waals surface area contributed by atoms with Gasteiger partial charge in [-0.3, -0.25) is 4.79 Å². The molecular weight excluding hydrogens is 282 g/mol. The fraction of sp³-hybridized carbons (Fsp3) is 0.375. The summed E-state index contributed by atoms with van der Waals surface area (Å²) in [5.74, 6) is -0.00646. The highest BCUT2D eigenvalue weighted by Gasteiger charge is 2.54. The minimum Gasteiger partial charge on any atom is -0.437 e. The predicted octanol–water partition coefficient (Wildman–Crippen LogP) is 1.45. The lowest BCUT2D eigenvalue weighted by atomic mass is 9.93. The molecule has 2 aliphatic rings. The molecule has 114 valence electrons. The van der Waals surface area contributed by atoms with E-state index in [1.54, 1.807) is 16.8 Å². The molecule has 1 aromatic heterocycles. The maximum Gasteiger partial charge on any atom is 0.410 e. The predicted molar refractivity (Wildman–Crippen MR) is 80.7 cm³/mol. The maximum absolute atomic E-state index is 12.7. The second kappa shape index (κ2) is 4.25. The summed E-state index contributed by atoms with van der Waals surface area (Å²) in [5.41, 5.74) is 1.23. The van der Waals surface area contributed by atoms with E-state index in [-0.39, 0.29) is 12.0 Å². The Morgan fingerprint density at radius 3 is 2.64 bits per heavy atom. The monoisotopic (exact) mass is 299 g/mol. The van der Waals surface area contributed by atoms with Gasteiger partial charge < -0.3 is 19.1 Å². The number of rotatable bonds is 1. The van der Waals surface area contributed by atoms with Crippen molar-refractivity contribution < 1.29 is 14.3 Å². The van der Waals surface area contributed by atoms with Crippen molar-refractivity contribution in [2.24, 2.45) is 7.05 Å². The van der Waals surface area contributed by atoms with E-state index in [9.17, 15) is 9.59 Å². The lowest BCUT2D eigenvalue weighted by molar-refractivity contribution is -0.0580. The Hall–Kier alpha value is -2.50. The number of hydrogen-bond donors (Lipinski definition) is 0. The molecule has 4 rings (SSSR count). The highest BCUT2D eigenvalue weighted by Crippen LogP contribution is 2.33. The topological polar surface area (TPSA) is 54.8 Å². The summed E-state index contributed by atoms with van der Waals surface area (Å²) in [6.07, 6.45) is 1.64. The largest absolute Gasteiger partial charge is 0.437 e. The summed E-state index contributed by atoms with van der Waals surface area (Å²) < 4.78 is 7.39. The minimum absolute atomic E-state index is 0.00646. The number of ether oxygens (including phenoxy) is 1. The van der Waals surface area contributed by atoms with Crippen molar-refractivity contribution >= 4 is 22.9 Å². The molecule has 1 aromatic carbocycles. The Kier molecular flexibility index (Phi) is 2.55. The van der Waals surface area contributed by atoms with E-state index >= 15 is 0 Å². The number of carbonyl (C=O) groups excluding carboxylic acids is 2. The first-order valence-electron chi connectivity index (χ1n) is 7.27. The van der Waals surface area contributed by atoms with Gasteiger partial charge in [-0.05, 0) is 18.2 Å². The van der Waals surface area contributed by atoms with Gasteiger partial charge in [-0.15, -0.1) is 0 Å². The number of carbonyl (C=O) groups is 2. The summed E-state index contributed by atoms with van der Waals surface area (Å²) in [4.78, 5) is 27.5. The van der Waals surface area contributed by atoms with E-state index in [2.05, 4.69) is 0 Å². The van der Waals surface area contributed by atoms with Gasteiger partial charge >= 0.3 is 6.09 Å². The quantitative estimate of drug-likeness (QED) is 0.801. The van der Waals surface area contributed by atoms with E-state index in [1.165, 1.54) is 0 Å². The van der Waals surface area contributed by atoms with Crippen LogP contribution >= 0.6 is 0 Å². The molecule has 0 bridgehead atoms. The molecule has 0 saturated carbocycles. The molecule has 6 nitrogen and oxygen atoms in total. The van der Waals surface area contributed by atoms with Crippen LogP contribution in [0.3, 0.4) is 0 Å². The van der Waals surface area contributed by atoms with E-state index < -0.39 is 5.60 Å². The minimum atomic E-state index is -0.508. The molecule has 2 fully saturated rings. The number of nitrogens with zero attached hydrogens (tertiary/aromatic N) is 3. The Labute approximate surface area is 127 Å². The number of hydrogen-bond acceptors (Lipinski definition) is 3. The number of amides is 2. The molecule has 0 atom stereocenters. The second-order valence-electron chi connectivity index (χ2n) is 6.23. The van der Waals surface area contributed by atoms with Crippen molar-refractivity contribution in [3.63, 3.8) is 0 Å². The smallest absolute Gasteiger partial charge is 0.410 e. The van der Waals surface area contributed by atoms with Gasteiger partial charge in [0, 0.05) is 36.8 Å². The van der Waals surface area contributed by atoms with Gasteiger partial charge in [0.25, 0.3) is 5.91 Å². The first-order valence-corrected chi connectivity index (χ1v) is 7.27. The van der Waals surface area contributed by atoms with E-state index in [4.69, 9.17) is 4.74 Å². The van der Waals surface area contributed by atoms with Gasteiger partial charge in [-0.2, -0.15) is 0 Å². The van der Waals surface area contributed by atoms with Crippen LogP contribution in [0.1, 0.15) is 10.4 Å². The van der Waals surface area contributed by atoms with Crippen LogP contribution in [0.5, 0.6) is 0 Å². The zero-order chi connectivity index (χ0) is 15.5. The highest BCUT2D eigenvalue weighted by molar-refractivity contribution is 6.07. The summed E-state index contributed by atoms with van der Waals surface area (Å²) in [7, 11) is 3.68. The molecule has 0 unspecified atom stereocenters. The summed E-state index contributed by atoms with van der Waals surface area (Å²) in [5, 5.41) is 0.955. The molecule has 2 aliphatic heterocycles. The van der Waals surface area contributed by atoms with Crippen LogP contribution in [0.2, 0.25) is 0 Å². The number of aryl methyl sites for hydroxylation is 1. The number of benzene rings is 1. The number of likely N-dealkylation sites (tertiary alicyclic amines) is 1. The molecule has 0 N–H and O–H groups in total. The Balaban J connectivity index is 1.57. The van der Waals surface area contributed by atoms with Gasteiger partial charge in [0.1, 0.15) is 0 Å². The summed E-state index contributed by atoms with van der Waals surface area (Å²) in [6.45, 7) is 1.47. The third-order valence-electron chi connectivity index (χ3n) is 4.54. The lowest BCUT2D eigenvalue weighted by Gasteiger charge is -2.45. The Morgan fingerprint density at radius 2 is 1.95 bits per heavy atom. The molecule has 2 saturated heterocycles. The second-order valence-corrected chi connectivity index (χ2v) is 6.23. The highest BCUT2D eigenvalue weighted by atomic mass is 16.6. The van der Waals surface area contributed by atoms with Crippen LogP contribution in [0.15, 0.2) is 30.5 Å². The zero-order valence-electron chi connectivity index (χ0n) is 12.6. The van der Waals surface area contributed by atoms with E-state index in [1.807, 2.05) is 42.1 Å². The third kappa shape index (κ3) is 1.73. The van der Waals surface area contributed by atoms with Gasteiger partial charge in [0.15, 0.2) is 5.60 Å². The summed E-state index contributed by atoms with van der Waals surface area (Å²) >= 11 is 0. The van der Waals surface area contributed by atoms with Gasteiger partial charge in [-0.25, -0.2) is 4.79 Å². The third-order valence-corrected chi connectivity index (χ3v) is 4.54. The molecular formula is C16H17N3O3. The van der Waals surface area contributed by atoms with Crippen LogP contribution in [0.25, 0.3) is 10.9 Å². The standard InChI is InChI=1S/C16H17N3O3/c1-17-7-6-11-12(4-3-5-13(11)17)14(20)19-9-16(10-19)8-18(2)15(21)22-16/h3-7H,8-10H2,1-2H3. The number of aromatic nitrogens is 1. The molecule has 2 aromatic rings. The van der Waals surface area contributed by atoms with Crippen LogP contribution in [-0.2, 0) is 11.8 Å². The molecule has 0 radical (unpaired) electrons. The first kappa shape index (κ1) is 13.2. The Bertz CT molecular complexity index is 789. The average molecular weight is 299 g/mol. The average Bonchev–Trinajstić information content (AvgIpc) is 2.98. The SMILES string of the molecule is CN1CC2(CN(C(=O)c3cccc4c3ccn4C)C2)OC1=O. The summed E-state index contributed by atoms with van der Waals surface area (Å²) in [6, 6.07) is 7.70. The maximum atomic E-state index is 12.7. The zero-order valence-corrected chi connectivity index (χ0v) is 12.6. The Morgan fingerprint density at radius 1 is 1.18 bits per heavy atom. The van der Waals surface area contributed by atoms with Crippen molar-refractivity contribution in [3.8, 4) is 0 Å². The van der Waals surface area contributed by atoms with Crippen molar-refractivity contribution in [1.82, 2.24) is 14.4 Å². The van der Waals surface area contributed by atoms with E-state index in [0.29, 0.717) is 25.2 Å². The van der Waals surface area contributed by atoms with E-state index in [0.717, 1.165) is 10.9 Å². The molecule has 22 heavy (non-hydrogen) atoms. The molecule has 6 heteroatoms. The van der Waals surface area contributed by atoms with Gasteiger partial charge in [-0.1, -0.05) is 6.07 Å². The molecule has 3 heterocycles. The first-order chi connectivity index (χ1) is 10.5.